The summed E-state index contributed by atoms with van der Waals surface area (Å²) in [6, 6.07) is 24.0. The molecule has 1 spiro atoms. The van der Waals surface area contributed by atoms with Gasteiger partial charge in [-0.3, -0.25) is 0 Å². The molecular weight excluding hydrogens is 481 g/mol. The highest BCUT2D eigenvalue weighted by Crippen LogP contribution is 2.51. The van der Waals surface area contributed by atoms with Crippen LogP contribution in [0, 0.1) is 0 Å². The van der Waals surface area contributed by atoms with Crippen LogP contribution in [-0.4, -0.2) is 31.4 Å². The van der Waals surface area contributed by atoms with Gasteiger partial charge in [-0.15, -0.1) is 10.2 Å². The lowest BCUT2D eigenvalue weighted by atomic mass is 10.0. The van der Waals surface area contributed by atoms with Crippen molar-refractivity contribution in [2.75, 3.05) is 5.01 Å². The Labute approximate surface area is 202 Å². The monoisotopic (exact) mass is 493 g/mol. The van der Waals surface area contributed by atoms with Crippen LogP contribution in [0.3, 0.4) is 0 Å². The second-order valence-corrected chi connectivity index (χ2v) is 9.32. The third-order valence-electron chi connectivity index (χ3n) is 5.40. The Morgan fingerprint density at radius 2 is 1.61 bits per heavy atom. The summed E-state index contributed by atoms with van der Waals surface area (Å²) in [6.07, 6.45) is 0. The normalized spacial score (nSPS) is 19.0. The summed E-state index contributed by atoms with van der Waals surface area (Å²) in [5, 5.41) is 16.4. The van der Waals surface area contributed by atoms with Crippen molar-refractivity contribution in [2.45, 2.75) is 10.0 Å². The first-order valence-corrected chi connectivity index (χ1v) is 11.5. The molecule has 0 aliphatic carbocycles. The Morgan fingerprint density at radius 3 is 2.36 bits per heavy atom. The Balaban J connectivity index is 1.60. The molecule has 6 rings (SSSR count). The van der Waals surface area contributed by atoms with Gasteiger partial charge in [-0.05, 0) is 54.2 Å². The molecule has 1 aromatic heterocycles. The second-order valence-electron chi connectivity index (χ2n) is 7.32. The van der Waals surface area contributed by atoms with Crippen molar-refractivity contribution < 1.29 is 9.63 Å². The fraction of sp³-hybridized carbons (Fsp3) is 0.0435. The molecule has 0 saturated heterocycles. The minimum atomic E-state index is -1.38. The molecule has 4 aromatic rings. The number of para-hydroxylation sites is 1. The van der Waals surface area contributed by atoms with Crippen LogP contribution in [0.1, 0.15) is 5.56 Å². The fourth-order valence-corrected chi connectivity index (χ4v) is 5.53. The average molecular weight is 494 g/mol. The lowest BCUT2D eigenvalue weighted by Crippen LogP contribution is -2.55. The van der Waals surface area contributed by atoms with Gasteiger partial charge in [0, 0.05) is 21.2 Å². The lowest BCUT2D eigenvalue weighted by Gasteiger charge is -2.33. The summed E-state index contributed by atoms with van der Waals surface area (Å²) in [6.45, 7) is 0. The number of oxime groups is 1. The Bertz CT molecular complexity index is 1420. The van der Waals surface area contributed by atoms with E-state index in [2.05, 4.69) is 15.4 Å². The SMILES string of the molecule is O=C1ON=C(c2ccccc2Cl)C12Sc1nnc(-c3ccc(Cl)cc3)n1N2c1ccccc1. The van der Waals surface area contributed by atoms with Crippen LogP contribution >= 0.6 is 35.0 Å². The van der Waals surface area contributed by atoms with Gasteiger partial charge in [0.15, 0.2) is 5.82 Å². The number of carbonyl (C=O) groups excluding carboxylic acids is 1. The Hall–Kier alpha value is -3.33. The van der Waals surface area contributed by atoms with Crippen LogP contribution < -0.4 is 5.01 Å². The van der Waals surface area contributed by atoms with Crippen molar-refractivity contribution in [3.63, 3.8) is 0 Å². The number of aromatic nitrogens is 3. The van der Waals surface area contributed by atoms with E-state index in [1.54, 1.807) is 18.2 Å². The third kappa shape index (κ3) is 2.98. The molecule has 0 fully saturated rings. The molecule has 0 N–H and O–H groups in total. The number of halogens is 2. The van der Waals surface area contributed by atoms with E-state index in [4.69, 9.17) is 28.0 Å². The van der Waals surface area contributed by atoms with E-state index in [0.717, 1.165) is 11.3 Å². The summed E-state index contributed by atoms with van der Waals surface area (Å²) in [7, 11) is 0. The van der Waals surface area contributed by atoms with Crippen LogP contribution in [0.25, 0.3) is 11.4 Å². The van der Waals surface area contributed by atoms with E-state index < -0.39 is 10.8 Å². The number of benzene rings is 3. The molecule has 10 heteroatoms. The number of hydrogen-bond donors (Lipinski definition) is 0. The van der Waals surface area contributed by atoms with Gasteiger partial charge in [0.25, 0.3) is 4.87 Å². The summed E-state index contributed by atoms with van der Waals surface area (Å²) < 4.78 is 1.81. The average Bonchev–Trinajstić information content (AvgIpc) is 3.48. The summed E-state index contributed by atoms with van der Waals surface area (Å²) in [5.41, 5.74) is 2.52. The van der Waals surface area contributed by atoms with Crippen molar-refractivity contribution >= 4 is 52.3 Å². The van der Waals surface area contributed by atoms with Crippen molar-refractivity contribution in [1.29, 1.82) is 0 Å². The minimum Gasteiger partial charge on any atom is -0.314 e. The molecular formula is C23H13Cl2N5O2S. The highest BCUT2D eigenvalue weighted by atomic mass is 35.5. The maximum absolute atomic E-state index is 13.4. The van der Waals surface area contributed by atoms with Crippen molar-refractivity contribution in [3.8, 4) is 11.4 Å². The van der Waals surface area contributed by atoms with Crippen molar-refractivity contribution in [3.05, 3.63) is 94.5 Å². The predicted molar refractivity (Wildman–Crippen MR) is 127 cm³/mol. The number of nitrogens with zero attached hydrogens (tertiary/aromatic N) is 5. The van der Waals surface area contributed by atoms with Crippen LogP contribution in [0.15, 0.2) is 89.2 Å². The van der Waals surface area contributed by atoms with E-state index in [-0.39, 0.29) is 0 Å². The number of carbonyl (C=O) groups is 1. The topological polar surface area (TPSA) is 72.6 Å². The van der Waals surface area contributed by atoms with E-state index in [0.29, 0.717) is 32.3 Å². The highest BCUT2D eigenvalue weighted by molar-refractivity contribution is 8.02. The molecule has 162 valence electrons. The van der Waals surface area contributed by atoms with E-state index in [1.165, 1.54) is 11.8 Å². The number of thioether (sulfide) groups is 1. The third-order valence-corrected chi connectivity index (χ3v) is 7.25. The zero-order chi connectivity index (χ0) is 22.6. The summed E-state index contributed by atoms with van der Waals surface area (Å²) >= 11 is 13.8. The molecule has 0 amide bonds. The number of hydrogen-bond acceptors (Lipinski definition) is 7. The van der Waals surface area contributed by atoms with Gasteiger partial charge in [-0.2, -0.15) is 0 Å². The maximum atomic E-state index is 13.4. The van der Waals surface area contributed by atoms with E-state index >= 15 is 0 Å². The molecule has 3 heterocycles. The first kappa shape index (κ1) is 20.3. The van der Waals surface area contributed by atoms with Gasteiger partial charge in [0.2, 0.25) is 5.16 Å². The standard InChI is InChI=1S/C23H13Cl2N5O2S/c24-15-12-10-14(11-13-15)20-26-27-22-29(20)30(16-6-2-1-3-7-16)23(33-22)19(28-32-21(23)31)17-8-4-5-9-18(17)25/h1-13H. The lowest BCUT2D eigenvalue weighted by molar-refractivity contribution is -0.142. The van der Waals surface area contributed by atoms with Gasteiger partial charge in [0.05, 0.1) is 5.69 Å². The molecule has 2 aliphatic heterocycles. The van der Waals surface area contributed by atoms with Crippen LogP contribution in [0.4, 0.5) is 5.69 Å². The van der Waals surface area contributed by atoms with Crippen LogP contribution in [0.2, 0.25) is 10.0 Å². The first-order valence-electron chi connectivity index (χ1n) is 9.90. The van der Waals surface area contributed by atoms with Crippen LogP contribution in [-0.2, 0) is 9.63 Å². The molecule has 0 radical (unpaired) electrons. The molecule has 2 aliphatic rings. The quantitative estimate of drug-likeness (QED) is 0.361. The van der Waals surface area contributed by atoms with Crippen molar-refractivity contribution in [1.82, 2.24) is 14.9 Å². The molecule has 1 unspecified atom stereocenters. The number of fused-ring (bicyclic) bond motifs is 1. The molecule has 33 heavy (non-hydrogen) atoms. The summed E-state index contributed by atoms with van der Waals surface area (Å²) in [5.74, 6) is 0.00642. The molecule has 3 aromatic carbocycles. The minimum absolute atomic E-state index is 0.388. The Kier molecular flexibility index (Phi) is 4.69. The van der Waals surface area contributed by atoms with Gasteiger partial charge in [-0.25, -0.2) is 14.5 Å². The predicted octanol–water partition coefficient (Wildman–Crippen LogP) is 5.28. The van der Waals surface area contributed by atoms with E-state index in [9.17, 15) is 4.79 Å². The molecule has 1 atom stereocenters. The van der Waals surface area contributed by atoms with Gasteiger partial charge >= 0.3 is 5.97 Å². The number of anilines is 1. The van der Waals surface area contributed by atoms with E-state index in [1.807, 2.05) is 70.3 Å². The van der Waals surface area contributed by atoms with Crippen molar-refractivity contribution in [2.24, 2.45) is 5.16 Å². The van der Waals surface area contributed by atoms with Crippen LogP contribution in [0.5, 0.6) is 0 Å². The Morgan fingerprint density at radius 1 is 0.879 bits per heavy atom. The zero-order valence-corrected chi connectivity index (χ0v) is 19.1. The number of rotatable bonds is 3. The van der Waals surface area contributed by atoms with Gasteiger partial charge < -0.3 is 4.84 Å². The highest BCUT2D eigenvalue weighted by Gasteiger charge is 2.63. The first-order chi connectivity index (χ1) is 16.1. The largest absolute Gasteiger partial charge is 0.379 e. The molecule has 0 bridgehead atoms. The zero-order valence-electron chi connectivity index (χ0n) is 16.7. The smallest absolute Gasteiger partial charge is 0.314 e. The maximum Gasteiger partial charge on any atom is 0.379 e. The molecule has 0 saturated carbocycles. The molecule has 7 nitrogen and oxygen atoms in total. The van der Waals surface area contributed by atoms with Gasteiger partial charge in [-0.1, -0.05) is 64.8 Å². The summed E-state index contributed by atoms with van der Waals surface area (Å²) in [4.78, 5) is 17.3. The van der Waals surface area contributed by atoms with Gasteiger partial charge in [0.1, 0.15) is 5.71 Å². The second kappa shape index (κ2) is 7.62. The fourth-order valence-electron chi connectivity index (χ4n) is 3.94.